The zero-order valence-electron chi connectivity index (χ0n) is 12.9. The zero-order valence-corrected chi connectivity index (χ0v) is 13.7. The van der Waals surface area contributed by atoms with Gasteiger partial charge in [0.05, 0.1) is 12.5 Å². The van der Waals surface area contributed by atoms with Gasteiger partial charge in [0.2, 0.25) is 5.76 Å². The average Bonchev–Trinajstić information content (AvgIpc) is 3.14. The van der Waals surface area contributed by atoms with Gasteiger partial charge in [-0.15, -0.1) is 0 Å². The molecule has 0 bridgehead atoms. The summed E-state index contributed by atoms with van der Waals surface area (Å²) in [6.07, 6.45) is 2.11. The number of carbonyl (C=O) groups excluding carboxylic acids is 1. The van der Waals surface area contributed by atoms with E-state index in [1.807, 2.05) is 0 Å². The van der Waals surface area contributed by atoms with Crippen LogP contribution in [0.25, 0.3) is 11.0 Å². The summed E-state index contributed by atoms with van der Waals surface area (Å²) in [5.74, 6) is 0.0194. The molecule has 0 aliphatic rings. The van der Waals surface area contributed by atoms with Crippen LogP contribution in [0.15, 0.2) is 51.5 Å². The molecular formula is C15H14N2O7S. The van der Waals surface area contributed by atoms with Crippen LogP contribution in [0.4, 0.5) is 0 Å². The van der Waals surface area contributed by atoms with E-state index < -0.39 is 16.1 Å². The number of fused-ring (bicyclic) bond motifs is 1. The van der Waals surface area contributed by atoms with Crippen LogP contribution >= 0.6 is 0 Å². The number of carbonyl (C=O) groups is 1. The summed E-state index contributed by atoms with van der Waals surface area (Å²) in [6, 6.07) is 9.61. The fourth-order valence-electron chi connectivity index (χ4n) is 1.77. The lowest BCUT2D eigenvalue weighted by Crippen LogP contribution is -2.09. The van der Waals surface area contributed by atoms with Crippen LogP contribution in [0, 0.1) is 5.41 Å². The van der Waals surface area contributed by atoms with Gasteiger partial charge in [0.15, 0.2) is 11.6 Å². The second kappa shape index (κ2) is 7.20. The Labute approximate surface area is 142 Å². The molecule has 0 spiro atoms. The molecule has 4 N–H and O–H groups in total. The summed E-state index contributed by atoms with van der Waals surface area (Å²) in [4.78, 5) is 11.7. The molecule has 9 nitrogen and oxygen atoms in total. The monoisotopic (exact) mass is 366 g/mol. The van der Waals surface area contributed by atoms with Gasteiger partial charge in [-0.25, -0.2) is 4.79 Å². The number of ether oxygens (including phenoxy) is 1. The van der Waals surface area contributed by atoms with E-state index >= 15 is 0 Å². The molecule has 0 aliphatic carbocycles. The Morgan fingerprint density at radius 2 is 1.92 bits per heavy atom. The van der Waals surface area contributed by atoms with E-state index in [1.165, 1.54) is 12.3 Å². The molecule has 2 aromatic heterocycles. The van der Waals surface area contributed by atoms with E-state index in [4.69, 9.17) is 29.3 Å². The Morgan fingerprint density at radius 1 is 1.24 bits per heavy atom. The number of hydrogen-bond acceptors (Lipinski definition) is 7. The van der Waals surface area contributed by atoms with Crippen LogP contribution in [-0.4, -0.2) is 31.0 Å². The highest BCUT2D eigenvalue weighted by Gasteiger charge is 2.13. The van der Waals surface area contributed by atoms with Crippen molar-refractivity contribution in [2.24, 2.45) is 5.73 Å². The van der Waals surface area contributed by atoms with Crippen molar-refractivity contribution in [3.05, 3.63) is 54.2 Å². The topological polar surface area (TPSA) is 157 Å². The molecule has 0 atom stereocenters. The third kappa shape index (κ3) is 5.48. The van der Waals surface area contributed by atoms with Crippen molar-refractivity contribution in [2.75, 3.05) is 6.26 Å². The zero-order chi connectivity index (χ0) is 18.6. The lowest BCUT2D eigenvalue weighted by Gasteiger charge is -2.01. The first kappa shape index (κ1) is 18.2. The summed E-state index contributed by atoms with van der Waals surface area (Å²) in [6.45, 7) is 0. The van der Waals surface area contributed by atoms with Crippen molar-refractivity contribution in [2.45, 2.75) is 0 Å². The van der Waals surface area contributed by atoms with Crippen molar-refractivity contribution in [3.63, 3.8) is 0 Å². The Balaban J connectivity index is 0.000000399. The summed E-state index contributed by atoms with van der Waals surface area (Å²) in [7, 11) is -3.67. The predicted octanol–water partition coefficient (Wildman–Crippen LogP) is 2.03. The lowest BCUT2D eigenvalue weighted by atomic mass is 10.2. The first-order chi connectivity index (χ1) is 11.6. The van der Waals surface area contributed by atoms with E-state index in [1.54, 1.807) is 30.3 Å². The van der Waals surface area contributed by atoms with Crippen LogP contribution in [0.5, 0.6) is 5.75 Å². The summed E-state index contributed by atoms with van der Waals surface area (Å²) < 4.78 is 41.4. The molecule has 3 aromatic rings. The molecule has 0 amide bonds. The highest BCUT2D eigenvalue weighted by atomic mass is 32.2. The summed E-state index contributed by atoms with van der Waals surface area (Å²) >= 11 is 0. The number of esters is 1. The molecule has 10 heteroatoms. The van der Waals surface area contributed by atoms with E-state index in [0.717, 1.165) is 0 Å². The molecule has 0 radical (unpaired) electrons. The van der Waals surface area contributed by atoms with Crippen molar-refractivity contribution in [1.82, 2.24) is 0 Å². The number of amidine groups is 1. The van der Waals surface area contributed by atoms with E-state index in [-0.39, 0.29) is 17.4 Å². The molecule has 3 rings (SSSR count). The van der Waals surface area contributed by atoms with Gasteiger partial charge in [0, 0.05) is 5.39 Å². The quantitative estimate of drug-likeness (QED) is 0.209. The van der Waals surface area contributed by atoms with E-state index in [9.17, 15) is 13.2 Å². The van der Waals surface area contributed by atoms with Gasteiger partial charge in [0.1, 0.15) is 11.3 Å². The molecule has 0 aliphatic heterocycles. The summed E-state index contributed by atoms with van der Waals surface area (Å²) in [5, 5.41) is 8.01. The maximum absolute atomic E-state index is 11.7. The second-order valence-corrected chi connectivity index (χ2v) is 6.29. The molecule has 0 saturated heterocycles. The molecule has 0 fully saturated rings. The Morgan fingerprint density at radius 3 is 2.48 bits per heavy atom. The number of rotatable bonds is 3. The lowest BCUT2D eigenvalue weighted by molar-refractivity contribution is 0.0701. The standard InChI is InChI=1S/C14H10N2O4.CH4O3S/c15-13(16)12-7-8-6-9(3-4-10(8)20-12)19-14(17)11-2-1-5-18-11;1-5(2,3)4/h1-7H,(H3,15,16);1H3,(H,2,3,4). The maximum Gasteiger partial charge on any atom is 0.379 e. The van der Waals surface area contributed by atoms with Crippen molar-refractivity contribution >= 4 is 32.9 Å². The first-order valence-electron chi connectivity index (χ1n) is 6.69. The Hall–Kier alpha value is -3.11. The van der Waals surface area contributed by atoms with Crippen molar-refractivity contribution in [1.29, 1.82) is 5.41 Å². The fourth-order valence-corrected chi connectivity index (χ4v) is 1.77. The second-order valence-electron chi connectivity index (χ2n) is 4.82. The van der Waals surface area contributed by atoms with Gasteiger partial charge < -0.3 is 19.3 Å². The van der Waals surface area contributed by atoms with Gasteiger partial charge in [-0.3, -0.25) is 9.96 Å². The molecular weight excluding hydrogens is 352 g/mol. The Kier molecular flexibility index (Phi) is 5.25. The van der Waals surface area contributed by atoms with Crippen LogP contribution in [0.1, 0.15) is 16.3 Å². The number of benzene rings is 1. The SMILES string of the molecule is CS(=O)(=O)O.N=C(N)c1cc2cc(OC(=O)c3ccco3)ccc2o1. The average molecular weight is 366 g/mol. The fraction of sp³-hybridized carbons (Fsp3) is 0.0667. The van der Waals surface area contributed by atoms with Crippen molar-refractivity contribution < 1.29 is 31.3 Å². The number of furan rings is 2. The number of nitrogens with one attached hydrogen (secondary N) is 1. The molecule has 2 heterocycles. The van der Waals surface area contributed by atoms with Crippen molar-refractivity contribution in [3.8, 4) is 5.75 Å². The van der Waals surface area contributed by atoms with Crippen LogP contribution < -0.4 is 10.5 Å². The largest absolute Gasteiger partial charge is 0.457 e. The van der Waals surface area contributed by atoms with Gasteiger partial charge in [-0.2, -0.15) is 8.42 Å². The first-order valence-corrected chi connectivity index (χ1v) is 8.54. The minimum atomic E-state index is -3.67. The normalized spacial score (nSPS) is 10.8. The van der Waals surface area contributed by atoms with Gasteiger partial charge in [-0.1, -0.05) is 0 Å². The summed E-state index contributed by atoms with van der Waals surface area (Å²) in [5.41, 5.74) is 5.92. The molecule has 25 heavy (non-hydrogen) atoms. The van der Waals surface area contributed by atoms with E-state index in [0.29, 0.717) is 23.0 Å². The van der Waals surface area contributed by atoms with Crippen LogP contribution in [0.3, 0.4) is 0 Å². The highest BCUT2D eigenvalue weighted by molar-refractivity contribution is 7.85. The third-order valence-corrected chi connectivity index (χ3v) is 2.69. The van der Waals surface area contributed by atoms with Gasteiger partial charge in [-0.05, 0) is 36.4 Å². The molecule has 0 unspecified atom stereocenters. The number of hydrogen-bond donors (Lipinski definition) is 3. The van der Waals surface area contributed by atoms with Crippen LogP contribution in [-0.2, 0) is 10.1 Å². The number of nitrogens with two attached hydrogens (primary N) is 1. The number of nitrogen functional groups attached to an aromatic ring is 1. The van der Waals surface area contributed by atoms with Gasteiger partial charge in [0.25, 0.3) is 10.1 Å². The minimum absolute atomic E-state index is 0.127. The third-order valence-electron chi connectivity index (χ3n) is 2.69. The predicted molar refractivity (Wildman–Crippen MR) is 88.4 cm³/mol. The smallest absolute Gasteiger partial charge is 0.379 e. The van der Waals surface area contributed by atoms with E-state index in [2.05, 4.69) is 0 Å². The molecule has 1 aromatic carbocycles. The minimum Gasteiger partial charge on any atom is -0.457 e. The molecule has 132 valence electrons. The van der Waals surface area contributed by atoms with Crippen LogP contribution in [0.2, 0.25) is 0 Å². The van der Waals surface area contributed by atoms with Gasteiger partial charge >= 0.3 is 5.97 Å². The highest BCUT2D eigenvalue weighted by Crippen LogP contribution is 2.24. The molecule has 0 saturated carbocycles. The maximum atomic E-state index is 11.7. The Bertz CT molecular complexity index is 996.